The summed E-state index contributed by atoms with van der Waals surface area (Å²) < 4.78 is 5.16. The molecule has 8 heavy (non-hydrogen) atoms. The summed E-state index contributed by atoms with van der Waals surface area (Å²) in [6.45, 7) is 4.87. The van der Waals surface area contributed by atoms with Crippen molar-refractivity contribution in [1.82, 2.24) is 5.32 Å². The van der Waals surface area contributed by atoms with Crippen LogP contribution < -0.4 is 5.32 Å². The largest absolute Gasteiger partial charge is 0.476 e. The molecule has 0 saturated heterocycles. The summed E-state index contributed by atoms with van der Waals surface area (Å²) in [4.78, 5) is 0. The summed E-state index contributed by atoms with van der Waals surface area (Å²) in [5.41, 5.74) is 0. The van der Waals surface area contributed by atoms with E-state index in [1.165, 1.54) is 0 Å². The average Bonchev–Trinajstić information content (AvgIpc) is 2.12. The molecule has 0 unspecified atom stereocenters. The SMILES string of the molecule is CC(C)C1=CNCO1. The first kappa shape index (κ1) is 5.48. The number of nitrogens with one attached hydrogen (secondary N) is 1. The monoisotopic (exact) mass is 113 g/mol. The Bertz CT molecular complexity index is 107. The lowest BCUT2D eigenvalue weighted by atomic mass is 10.2. The van der Waals surface area contributed by atoms with Gasteiger partial charge in [0.1, 0.15) is 5.76 Å². The van der Waals surface area contributed by atoms with Gasteiger partial charge in [0.2, 0.25) is 0 Å². The minimum absolute atomic E-state index is 0.519. The molecular formula is C6H11NO. The van der Waals surface area contributed by atoms with Crippen molar-refractivity contribution < 1.29 is 4.74 Å². The van der Waals surface area contributed by atoms with E-state index in [-0.39, 0.29) is 0 Å². The standard InChI is InChI=1S/C6H11NO/c1-5(2)6-3-7-4-8-6/h3,5,7H,4H2,1-2H3. The lowest BCUT2D eigenvalue weighted by Crippen LogP contribution is -1.99. The van der Waals surface area contributed by atoms with Gasteiger partial charge in [-0.25, -0.2) is 0 Å². The number of hydrogen-bond donors (Lipinski definition) is 1. The van der Waals surface area contributed by atoms with E-state index in [9.17, 15) is 0 Å². The lowest BCUT2D eigenvalue weighted by Gasteiger charge is -2.03. The fraction of sp³-hybridized carbons (Fsp3) is 0.667. The van der Waals surface area contributed by atoms with Crippen molar-refractivity contribution in [3.8, 4) is 0 Å². The first-order valence-electron chi connectivity index (χ1n) is 2.87. The molecule has 0 radical (unpaired) electrons. The van der Waals surface area contributed by atoms with Crippen molar-refractivity contribution in [2.45, 2.75) is 13.8 Å². The van der Waals surface area contributed by atoms with Crippen LogP contribution in [0.4, 0.5) is 0 Å². The summed E-state index contributed by atoms with van der Waals surface area (Å²) in [6.07, 6.45) is 1.92. The number of rotatable bonds is 1. The third-order valence-electron chi connectivity index (χ3n) is 1.14. The van der Waals surface area contributed by atoms with Crippen LogP contribution in [0.5, 0.6) is 0 Å². The Kier molecular flexibility index (Phi) is 1.42. The summed E-state index contributed by atoms with van der Waals surface area (Å²) in [5.74, 6) is 1.58. The second-order valence-electron chi connectivity index (χ2n) is 2.19. The van der Waals surface area contributed by atoms with E-state index in [1.54, 1.807) is 0 Å². The molecule has 0 aliphatic carbocycles. The molecule has 1 N–H and O–H groups in total. The molecule has 1 aliphatic rings. The molecule has 0 atom stereocenters. The quantitative estimate of drug-likeness (QED) is 0.549. The third kappa shape index (κ3) is 0.941. The van der Waals surface area contributed by atoms with Crippen LogP contribution >= 0.6 is 0 Å². The normalized spacial score (nSPS) is 17.6. The van der Waals surface area contributed by atoms with Gasteiger partial charge in [-0.3, -0.25) is 0 Å². The molecule has 0 aromatic heterocycles. The smallest absolute Gasteiger partial charge is 0.158 e. The van der Waals surface area contributed by atoms with Gasteiger partial charge in [0, 0.05) is 12.1 Å². The maximum Gasteiger partial charge on any atom is 0.158 e. The first-order chi connectivity index (χ1) is 3.80. The van der Waals surface area contributed by atoms with Gasteiger partial charge < -0.3 is 10.1 Å². The zero-order valence-corrected chi connectivity index (χ0v) is 5.27. The Morgan fingerprint density at radius 3 is 2.75 bits per heavy atom. The predicted octanol–water partition coefficient (Wildman–Crippen LogP) is 1.06. The van der Waals surface area contributed by atoms with Crippen molar-refractivity contribution >= 4 is 0 Å². The van der Waals surface area contributed by atoms with Gasteiger partial charge in [0.15, 0.2) is 6.73 Å². The molecule has 0 aromatic carbocycles. The Labute approximate surface area is 49.5 Å². The van der Waals surface area contributed by atoms with Crippen molar-refractivity contribution in [2.75, 3.05) is 6.73 Å². The summed E-state index contributed by atoms with van der Waals surface area (Å²) in [5, 5.41) is 2.97. The lowest BCUT2D eigenvalue weighted by molar-refractivity contribution is 0.206. The summed E-state index contributed by atoms with van der Waals surface area (Å²) in [6, 6.07) is 0. The van der Waals surface area contributed by atoms with Crippen molar-refractivity contribution in [2.24, 2.45) is 5.92 Å². The Morgan fingerprint density at radius 1 is 1.75 bits per heavy atom. The molecule has 1 rings (SSSR count). The number of allylic oxidation sites excluding steroid dienone is 1. The molecule has 0 spiro atoms. The Balaban J connectivity index is 2.45. The number of hydrogen-bond acceptors (Lipinski definition) is 2. The Morgan fingerprint density at radius 2 is 2.50 bits per heavy atom. The molecule has 0 fully saturated rings. The van der Waals surface area contributed by atoms with Crippen LogP contribution in [-0.2, 0) is 4.74 Å². The van der Waals surface area contributed by atoms with Gasteiger partial charge in [0.25, 0.3) is 0 Å². The van der Waals surface area contributed by atoms with Gasteiger partial charge in [-0.1, -0.05) is 13.8 Å². The highest BCUT2D eigenvalue weighted by Crippen LogP contribution is 2.11. The highest BCUT2D eigenvalue weighted by molar-refractivity contribution is 4.97. The van der Waals surface area contributed by atoms with Crippen LogP contribution in [0.25, 0.3) is 0 Å². The van der Waals surface area contributed by atoms with Gasteiger partial charge in [0.05, 0.1) is 0 Å². The molecule has 0 aromatic rings. The second-order valence-corrected chi connectivity index (χ2v) is 2.19. The van der Waals surface area contributed by atoms with Crippen LogP contribution in [0.2, 0.25) is 0 Å². The molecule has 1 heterocycles. The van der Waals surface area contributed by atoms with Crippen LogP contribution in [0.1, 0.15) is 13.8 Å². The first-order valence-corrected chi connectivity index (χ1v) is 2.87. The van der Waals surface area contributed by atoms with Crippen molar-refractivity contribution in [1.29, 1.82) is 0 Å². The van der Waals surface area contributed by atoms with Gasteiger partial charge in [-0.05, 0) is 0 Å². The summed E-state index contributed by atoms with van der Waals surface area (Å²) in [7, 11) is 0. The van der Waals surface area contributed by atoms with Crippen LogP contribution in [0, 0.1) is 5.92 Å². The van der Waals surface area contributed by atoms with Crippen LogP contribution in [-0.4, -0.2) is 6.73 Å². The topological polar surface area (TPSA) is 21.3 Å². The number of ether oxygens (including phenoxy) is 1. The molecule has 0 bridgehead atoms. The van der Waals surface area contributed by atoms with E-state index in [0.717, 1.165) is 5.76 Å². The van der Waals surface area contributed by atoms with E-state index in [4.69, 9.17) is 4.74 Å². The van der Waals surface area contributed by atoms with E-state index in [0.29, 0.717) is 12.6 Å². The molecule has 2 heteroatoms. The molecule has 1 aliphatic heterocycles. The Hall–Kier alpha value is -0.660. The fourth-order valence-corrected chi connectivity index (χ4v) is 0.642. The summed E-state index contributed by atoms with van der Waals surface area (Å²) >= 11 is 0. The second kappa shape index (κ2) is 2.07. The van der Waals surface area contributed by atoms with Crippen LogP contribution in [0.15, 0.2) is 12.0 Å². The van der Waals surface area contributed by atoms with Crippen molar-refractivity contribution in [3.05, 3.63) is 12.0 Å². The molecule has 2 nitrogen and oxygen atoms in total. The van der Waals surface area contributed by atoms with Gasteiger partial charge >= 0.3 is 0 Å². The third-order valence-corrected chi connectivity index (χ3v) is 1.14. The molecule has 0 saturated carbocycles. The molecular weight excluding hydrogens is 102 g/mol. The van der Waals surface area contributed by atoms with Gasteiger partial charge in [-0.2, -0.15) is 0 Å². The van der Waals surface area contributed by atoms with Gasteiger partial charge in [-0.15, -0.1) is 0 Å². The van der Waals surface area contributed by atoms with Crippen molar-refractivity contribution in [3.63, 3.8) is 0 Å². The van der Waals surface area contributed by atoms with E-state index < -0.39 is 0 Å². The van der Waals surface area contributed by atoms with E-state index in [2.05, 4.69) is 19.2 Å². The van der Waals surface area contributed by atoms with E-state index >= 15 is 0 Å². The minimum Gasteiger partial charge on any atom is -0.476 e. The highest BCUT2D eigenvalue weighted by atomic mass is 16.5. The highest BCUT2D eigenvalue weighted by Gasteiger charge is 2.07. The fourth-order valence-electron chi connectivity index (χ4n) is 0.642. The zero-order chi connectivity index (χ0) is 5.98. The average molecular weight is 113 g/mol. The maximum atomic E-state index is 5.16. The van der Waals surface area contributed by atoms with Crippen LogP contribution in [0.3, 0.4) is 0 Å². The maximum absolute atomic E-state index is 5.16. The zero-order valence-electron chi connectivity index (χ0n) is 5.27. The minimum atomic E-state index is 0.519. The predicted molar refractivity (Wildman–Crippen MR) is 32.0 cm³/mol. The van der Waals surface area contributed by atoms with E-state index in [1.807, 2.05) is 6.20 Å². The molecule has 46 valence electrons. The molecule has 0 amide bonds.